The first-order valence-corrected chi connectivity index (χ1v) is 8.19. The number of carbonyl (C=O) groups excluding carboxylic acids is 1. The van der Waals surface area contributed by atoms with Crippen molar-refractivity contribution in [2.75, 3.05) is 32.6 Å². The van der Waals surface area contributed by atoms with Crippen LogP contribution in [0.4, 0.5) is 5.95 Å². The lowest BCUT2D eigenvalue weighted by Gasteiger charge is -2.18. The summed E-state index contributed by atoms with van der Waals surface area (Å²) in [6.07, 6.45) is 3.09. The Morgan fingerprint density at radius 1 is 1.08 bits per heavy atom. The Labute approximate surface area is 148 Å². The molecule has 0 aliphatic rings. The number of carbonyl (C=O) groups is 1. The number of hydrogen-bond acceptors (Lipinski definition) is 6. The molecule has 0 aliphatic heterocycles. The Kier molecular flexibility index (Phi) is 6.56. The van der Waals surface area contributed by atoms with Crippen LogP contribution >= 0.6 is 0 Å². The fourth-order valence-electron chi connectivity index (χ4n) is 2.39. The minimum absolute atomic E-state index is 0.0589. The Bertz CT molecular complexity index is 700. The van der Waals surface area contributed by atoms with E-state index in [1.165, 1.54) is 0 Å². The number of ether oxygens (including phenoxy) is 2. The van der Waals surface area contributed by atoms with Crippen molar-refractivity contribution < 1.29 is 14.3 Å². The van der Waals surface area contributed by atoms with E-state index in [0.717, 1.165) is 5.56 Å². The van der Waals surface area contributed by atoms with Gasteiger partial charge in [-0.25, -0.2) is 9.97 Å². The monoisotopic (exact) mass is 344 g/mol. The highest BCUT2D eigenvalue weighted by atomic mass is 16.5. The molecule has 0 unspecified atom stereocenters. The fraction of sp³-hybridized carbons (Fsp3) is 0.389. The third kappa shape index (κ3) is 4.59. The Hall–Kier alpha value is -2.83. The van der Waals surface area contributed by atoms with E-state index in [0.29, 0.717) is 42.6 Å². The Morgan fingerprint density at radius 3 is 2.28 bits per heavy atom. The van der Waals surface area contributed by atoms with E-state index < -0.39 is 0 Å². The van der Waals surface area contributed by atoms with Crippen LogP contribution in [-0.2, 0) is 6.54 Å². The van der Waals surface area contributed by atoms with Crippen molar-refractivity contribution in [1.82, 2.24) is 14.9 Å². The smallest absolute Gasteiger partial charge is 0.256 e. The van der Waals surface area contributed by atoms with E-state index >= 15 is 0 Å². The molecule has 1 aromatic carbocycles. The summed E-state index contributed by atoms with van der Waals surface area (Å²) in [6, 6.07) is 5.68. The van der Waals surface area contributed by atoms with Crippen LogP contribution in [0, 0.1) is 0 Å². The van der Waals surface area contributed by atoms with Gasteiger partial charge >= 0.3 is 0 Å². The summed E-state index contributed by atoms with van der Waals surface area (Å²) in [5.41, 5.74) is 1.49. The van der Waals surface area contributed by atoms with Crippen molar-refractivity contribution in [1.29, 1.82) is 0 Å². The second-order valence-corrected chi connectivity index (χ2v) is 5.32. The van der Waals surface area contributed by atoms with Gasteiger partial charge in [-0.15, -0.1) is 0 Å². The summed E-state index contributed by atoms with van der Waals surface area (Å²) < 4.78 is 10.5. The van der Waals surface area contributed by atoms with E-state index in [1.807, 2.05) is 32.0 Å². The molecular formula is C18H24N4O3. The number of anilines is 1. The van der Waals surface area contributed by atoms with Gasteiger partial charge in [0.2, 0.25) is 5.95 Å². The first kappa shape index (κ1) is 18.5. The number of rotatable bonds is 8. The SMILES string of the molecule is CCN(CC)C(=O)c1cnc(NCc2ccc(OC)c(OC)c2)nc1. The van der Waals surface area contributed by atoms with Gasteiger partial charge in [0.15, 0.2) is 11.5 Å². The quantitative estimate of drug-likeness (QED) is 0.793. The van der Waals surface area contributed by atoms with E-state index in [9.17, 15) is 4.79 Å². The lowest BCUT2D eigenvalue weighted by atomic mass is 10.2. The fourth-order valence-corrected chi connectivity index (χ4v) is 2.39. The molecule has 7 nitrogen and oxygen atoms in total. The van der Waals surface area contributed by atoms with Crippen molar-refractivity contribution in [2.24, 2.45) is 0 Å². The summed E-state index contributed by atoms with van der Waals surface area (Å²) >= 11 is 0. The molecule has 1 heterocycles. The first-order chi connectivity index (χ1) is 12.1. The van der Waals surface area contributed by atoms with Gasteiger partial charge < -0.3 is 19.7 Å². The van der Waals surface area contributed by atoms with Gasteiger partial charge in [0, 0.05) is 32.0 Å². The zero-order chi connectivity index (χ0) is 18.2. The number of nitrogens with one attached hydrogen (secondary N) is 1. The largest absolute Gasteiger partial charge is 0.493 e. The maximum atomic E-state index is 12.2. The molecule has 134 valence electrons. The number of amides is 1. The second kappa shape index (κ2) is 8.86. The molecule has 0 aliphatic carbocycles. The molecule has 0 atom stereocenters. The van der Waals surface area contributed by atoms with E-state index in [2.05, 4.69) is 15.3 Å². The van der Waals surface area contributed by atoms with Crippen LogP contribution in [0.3, 0.4) is 0 Å². The lowest BCUT2D eigenvalue weighted by Crippen LogP contribution is -2.30. The van der Waals surface area contributed by atoms with Crippen LogP contribution in [-0.4, -0.2) is 48.1 Å². The lowest BCUT2D eigenvalue weighted by molar-refractivity contribution is 0.0772. The van der Waals surface area contributed by atoms with Crippen LogP contribution in [0.1, 0.15) is 29.8 Å². The molecule has 0 fully saturated rings. The molecular weight excluding hydrogens is 320 g/mol. The normalized spacial score (nSPS) is 10.2. The van der Waals surface area contributed by atoms with Crippen molar-refractivity contribution in [2.45, 2.75) is 20.4 Å². The molecule has 1 aromatic heterocycles. The van der Waals surface area contributed by atoms with Crippen LogP contribution in [0.15, 0.2) is 30.6 Å². The molecule has 0 saturated heterocycles. The molecule has 0 radical (unpaired) electrons. The van der Waals surface area contributed by atoms with Gasteiger partial charge in [-0.1, -0.05) is 6.07 Å². The van der Waals surface area contributed by atoms with Crippen LogP contribution in [0.5, 0.6) is 11.5 Å². The summed E-state index contributed by atoms with van der Waals surface area (Å²) in [6.45, 7) is 5.75. The summed E-state index contributed by atoms with van der Waals surface area (Å²) in [5.74, 6) is 1.76. The molecule has 0 bridgehead atoms. The average Bonchev–Trinajstić information content (AvgIpc) is 2.67. The van der Waals surface area contributed by atoms with Crippen LogP contribution in [0.2, 0.25) is 0 Å². The maximum absolute atomic E-state index is 12.2. The molecule has 25 heavy (non-hydrogen) atoms. The average molecular weight is 344 g/mol. The highest BCUT2D eigenvalue weighted by Gasteiger charge is 2.13. The Balaban J connectivity index is 2.01. The topological polar surface area (TPSA) is 76.6 Å². The van der Waals surface area contributed by atoms with Crippen molar-refractivity contribution in [3.05, 3.63) is 41.7 Å². The van der Waals surface area contributed by atoms with Gasteiger partial charge in [-0.05, 0) is 31.5 Å². The first-order valence-electron chi connectivity index (χ1n) is 8.19. The highest BCUT2D eigenvalue weighted by molar-refractivity contribution is 5.93. The van der Waals surface area contributed by atoms with Crippen molar-refractivity contribution in [3.63, 3.8) is 0 Å². The minimum atomic E-state index is -0.0589. The molecule has 7 heteroatoms. The van der Waals surface area contributed by atoms with Gasteiger partial charge in [0.05, 0.1) is 19.8 Å². The zero-order valence-corrected chi connectivity index (χ0v) is 15.1. The number of hydrogen-bond donors (Lipinski definition) is 1. The summed E-state index contributed by atoms with van der Waals surface area (Å²) in [7, 11) is 3.20. The molecule has 0 saturated carbocycles. The second-order valence-electron chi connectivity index (χ2n) is 5.32. The van der Waals surface area contributed by atoms with E-state index in [4.69, 9.17) is 9.47 Å². The molecule has 2 aromatic rings. The van der Waals surface area contributed by atoms with E-state index in [-0.39, 0.29) is 5.91 Å². The third-order valence-electron chi connectivity index (χ3n) is 3.85. The zero-order valence-electron chi connectivity index (χ0n) is 15.1. The number of methoxy groups -OCH3 is 2. The van der Waals surface area contributed by atoms with Crippen molar-refractivity contribution in [3.8, 4) is 11.5 Å². The Morgan fingerprint density at radius 2 is 1.72 bits per heavy atom. The minimum Gasteiger partial charge on any atom is -0.493 e. The maximum Gasteiger partial charge on any atom is 0.256 e. The number of benzene rings is 1. The van der Waals surface area contributed by atoms with E-state index in [1.54, 1.807) is 31.5 Å². The van der Waals surface area contributed by atoms with Gasteiger partial charge in [0.1, 0.15) is 0 Å². The number of nitrogens with zero attached hydrogens (tertiary/aromatic N) is 3. The van der Waals surface area contributed by atoms with Crippen molar-refractivity contribution >= 4 is 11.9 Å². The predicted molar refractivity (Wildman–Crippen MR) is 96.2 cm³/mol. The van der Waals surface area contributed by atoms with Gasteiger partial charge in [-0.3, -0.25) is 4.79 Å². The third-order valence-corrected chi connectivity index (χ3v) is 3.85. The summed E-state index contributed by atoms with van der Waals surface area (Å²) in [4.78, 5) is 22.4. The van der Waals surface area contributed by atoms with Gasteiger partial charge in [-0.2, -0.15) is 0 Å². The molecule has 1 amide bonds. The molecule has 0 spiro atoms. The summed E-state index contributed by atoms with van der Waals surface area (Å²) in [5, 5.41) is 3.13. The number of aromatic nitrogens is 2. The molecule has 1 N–H and O–H groups in total. The highest BCUT2D eigenvalue weighted by Crippen LogP contribution is 2.27. The van der Waals surface area contributed by atoms with Gasteiger partial charge in [0.25, 0.3) is 5.91 Å². The predicted octanol–water partition coefficient (Wildman–Crippen LogP) is 2.59. The molecule has 2 rings (SSSR count). The van der Waals surface area contributed by atoms with Crippen LogP contribution in [0.25, 0.3) is 0 Å². The standard InChI is InChI=1S/C18H24N4O3/c1-5-22(6-2)17(23)14-11-20-18(21-12-14)19-10-13-7-8-15(24-3)16(9-13)25-4/h7-9,11-12H,5-6,10H2,1-4H3,(H,19,20,21). The van der Waals surface area contributed by atoms with Crippen LogP contribution < -0.4 is 14.8 Å².